The van der Waals surface area contributed by atoms with Crippen LogP contribution in [0.1, 0.15) is 15.9 Å². The summed E-state index contributed by atoms with van der Waals surface area (Å²) in [6.45, 7) is 1.90. The summed E-state index contributed by atoms with van der Waals surface area (Å²) in [5.74, 6) is -0.151. The highest BCUT2D eigenvalue weighted by atomic mass is 79.9. The zero-order valence-electron chi connectivity index (χ0n) is 10.0. The van der Waals surface area contributed by atoms with Crippen molar-refractivity contribution in [1.82, 2.24) is 0 Å². The lowest BCUT2D eigenvalue weighted by Gasteiger charge is -2.10. The minimum Gasteiger partial charge on any atom is -0.321 e. The van der Waals surface area contributed by atoms with E-state index in [0.717, 1.165) is 14.5 Å². The van der Waals surface area contributed by atoms with Crippen LogP contribution in [0, 0.1) is 6.92 Å². The second-order valence-electron chi connectivity index (χ2n) is 4.04. The predicted octanol–water partition coefficient (Wildman–Crippen LogP) is 5.43. The zero-order chi connectivity index (χ0) is 14.0. The summed E-state index contributed by atoms with van der Waals surface area (Å²) in [5, 5.41) is 3.47. The van der Waals surface area contributed by atoms with Crippen LogP contribution in [0.25, 0.3) is 0 Å². The number of nitrogens with one attached hydrogen (secondary N) is 1. The van der Waals surface area contributed by atoms with Gasteiger partial charge in [0, 0.05) is 19.5 Å². The van der Waals surface area contributed by atoms with E-state index in [-0.39, 0.29) is 5.91 Å². The highest BCUT2D eigenvalue weighted by Gasteiger charge is 2.11. The minimum atomic E-state index is -0.151. The third-order valence-electron chi connectivity index (χ3n) is 2.62. The first-order valence-corrected chi connectivity index (χ1v) is 7.46. The van der Waals surface area contributed by atoms with Crippen molar-refractivity contribution in [3.63, 3.8) is 0 Å². The lowest BCUT2D eigenvalue weighted by atomic mass is 10.1. The molecule has 1 N–H and O–H groups in total. The molecule has 0 aliphatic heterocycles. The number of halogens is 3. The molecule has 0 bridgehead atoms. The van der Waals surface area contributed by atoms with E-state index in [1.54, 1.807) is 24.3 Å². The van der Waals surface area contributed by atoms with Gasteiger partial charge in [-0.3, -0.25) is 4.79 Å². The van der Waals surface area contributed by atoms with Gasteiger partial charge in [0.1, 0.15) is 0 Å². The Morgan fingerprint density at radius 3 is 2.58 bits per heavy atom. The number of hydrogen-bond donors (Lipinski definition) is 1. The van der Waals surface area contributed by atoms with Crippen LogP contribution in [0.15, 0.2) is 45.3 Å². The molecule has 0 saturated carbocycles. The van der Waals surface area contributed by atoms with Crippen molar-refractivity contribution in [2.75, 3.05) is 5.32 Å². The molecule has 0 aromatic heterocycles. The van der Waals surface area contributed by atoms with Gasteiger partial charge in [-0.2, -0.15) is 0 Å². The quantitative estimate of drug-likeness (QED) is 0.712. The van der Waals surface area contributed by atoms with Gasteiger partial charge in [-0.05, 0) is 58.7 Å². The molecule has 0 fully saturated rings. The fraction of sp³-hybridized carbons (Fsp3) is 0.0714. The van der Waals surface area contributed by atoms with Crippen LogP contribution < -0.4 is 5.32 Å². The Morgan fingerprint density at radius 2 is 1.89 bits per heavy atom. The van der Waals surface area contributed by atoms with Crippen molar-refractivity contribution in [1.29, 1.82) is 0 Å². The lowest BCUT2D eigenvalue weighted by Crippen LogP contribution is -2.13. The van der Waals surface area contributed by atoms with E-state index in [9.17, 15) is 4.79 Å². The third-order valence-corrected chi connectivity index (χ3v) is 4.01. The van der Waals surface area contributed by atoms with Gasteiger partial charge in [-0.25, -0.2) is 0 Å². The van der Waals surface area contributed by atoms with E-state index in [1.807, 2.05) is 19.1 Å². The van der Waals surface area contributed by atoms with E-state index in [4.69, 9.17) is 11.6 Å². The van der Waals surface area contributed by atoms with Gasteiger partial charge in [0.2, 0.25) is 0 Å². The molecule has 2 aromatic rings. The molecule has 0 aliphatic rings. The molecule has 0 unspecified atom stereocenters. The molecule has 0 radical (unpaired) electrons. The summed E-state index contributed by atoms with van der Waals surface area (Å²) in [6, 6.07) is 10.8. The second kappa shape index (κ2) is 6.07. The van der Waals surface area contributed by atoms with Crippen LogP contribution in [0.2, 0.25) is 5.02 Å². The average Bonchev–Trinajstić information content (AvgIpc) is 2.35. The van der Waals surface area contributed by atoms with Crippen molar-refractivity contribution < 1.29 is 4.79 Å². The number of carbonyl (C=O) groups is 1. The minimum absolute atomic E-state index is 0.151. The lowest BCUT2D eigenvalue weighted by molar-refractivity contribution is 0.102. The molecule has 1 amide bonds. The predicted molar refractivity (Wildman–Crippen MR) is 86.0 cm³/mol. The van der Waals surface area contributed by atoms with E-state index >= 15 is 0 Å². The third kappa shape index (κ3) is 3.59. The first kappa shape index (κ1) is 14.6. The average molecular weight is 404 g/mol. The van der Waals surface area contributed by atoms with Gasteiger partial charge < -0.3 is 5.32 Å². The molecule has 2 aromatic carbocycles. The van der Waals surface area contributed by atoms with Gasteiger partial charge >= 0.3 is 0 Å². The van der Waals surface area contributed by atoms with Gasteiger partial charge in [-0.15, -0.1) is 0 Å². The van der Waals surface area contributed by atoms with E-state index < -0.39 is 0 Å². The molecule has 0 spiro atoms. The van der Waals surface area contributed by atoms with Crippen molar-refractivity contribution in [2.24, 2.45) is 0 Å². The van der Waals surface area contributed by atoms with Crippen molar-refractivity contribution in [2.45, 2.75) is 6.92 Å². The maximum absolute atomic E-state index is 12.2. The number of amides is 1. The van der Waals surface area contributed by atoms with Gasteiger partial charge in [-0.1, -0.05) is 33.6 Å². The largest absolute Gasteiger partial charge is 0.321 e. The Hall–Kier alpha value is -0.840. The first-order valence-electron chi connectivity index (χ1n) is 5.50. The summed E-state index contributed by atoms with van der Waals surface area (Å²) in [6.07, 6.45) is 0. The molecule has 0 atom stereocenters. The maximum Gasteiger partial charge on any atom is 0.255 e. The monoisotopic (exact) mass is 401 g/mol. The summed E-state index contributed by atoms with van der Waals surface area (Å²) >= 11 is 12.6. The SMILES string of the molecule is Cc1ccc(Br)cc1C(=O)Nc1ccc(Cl)cc1Br. The van der Waals surface area contributed by atoms with Crippen LogP contribution in [0.5, 0.6) is 0 Å². The smallest absolute Gasteiger partial charge is 0.255 e. The summed E-state index contributed by atoms with van der Waals surface area (Å²) in [7, 11) is 0. The van der Waals surface area contributed by atoms with Crippen molar-refractivity contribution >= 4 is 55.1 Å². The first-order chi connectivity index (χ1) is 8.97. The molecule has 98 valence electrons. The fourth-order valence-corrected chi connectivity index (χ4v) is 2.76. The Kier molecular flexibility index (Phi) is 4.66. The molecule has 2 nitrogen and oxygen atoms in total. The molecular formula is C14H10Br2ClNO. The van der Waals surface area contributed by atoms with E-state index in [1.165, 1.54) is 0 Å². The van der Waals surface area contributed by atoms with Crippen molar-refractivity contribution in [3.05, 3.63) is 61.5 Å². The van der Waals surface area contributed by atoms with E-state index in [2.05, 4.69) is 37.2 Å². The number of carbonyl (C=O) groups excluding carboxylic acids is 1. The highest BCUT2D eigenvalue weighted by molar-refractivity contribution is 9.10. The fourth-order valence-electron chi connectivity index (χ4n) is 1.62. The van der Waals surface area contributed by atoms with Crippen molar-refractivity contribution in [3.8, 4) is 0 Å². The van der Waals surface area contributed by atoms with Gasteiger partial charge in [0.05, 0.1) is 5.69 Å². The topological polar surface area (TPSA) is 29.1 Å². The Bertz CT molecular complexity index is 643. The number of hydrogen-bond acceptors (Lipinski definition) is 1. The number of rotatable bonds is 2. The number of anilines is 1. The molecule has 2 rings (SSSR count). The molecule has 0 heterocycles. The Labute approximate surface area is 133 Å². The summed E-state index contributed by atoms with van der Waals surface area (Å²) in [4.78, 5) is 12.2. The highest BCUT2D eigenvalue weighted by Crippen LogP contribution is 2.27. The summed E-state index contributed by atoms with van der Waals surface area (Å²) in [5.41, 5.74) is 2.25. The number of aryl methyl sites for hydroxylation is 1. The summed E-state index contributed by atoms with van der Waals surface area (Å²) < 4.78 is 1.62. The van der Waals surface area contributed by atoms with Gasteiger partial charge in [0.25, 0.3) is 5.91 Å². The molecule has 0 aliphatic carbocycles. The normalized spacial score (nSPS) is 10.3. The van der Waals surface area contributed by atoms with E-state index in [0.29, 0.717) is 16.3 Å². The number of benzene rings is 2. The second-order valence-corrected chi connectivity index (χ2v) is 6.24. The van der Waals surface area contributed by atoms with Crippen LogP contribution in [0.3, 0.4) is 0 Å². The maximum atomic E-state index is 12.2. The van der Waals surface area contributed by atoms with Crippen LogP contribution >= 0.6 is 43.5 Å². The van der Waals surface area contributed by atoms with Crippen LogP contribution in [-0.4, -0.2) is 5.91 Å². The van der Waals surface area contributed by atoms with Crippen LogP contribution in [-0.2, 0) is 0 Å². The standard InChI is InChI=1S/C14H10Br2ClNO/c1-8-2-3-9(15)6-11(8)14(19)18-13-5-4-10(17)7-12(13)16/h2-7H,1H3,(H,18,19). The Morgan fingerprint density at radius 1 is 1.16 bits per heavy atom. The molecule has 0 saturated heterocycles. The molecule has 19 heavy (non-hydrogen) atoms. The van der Waals surface area contributed by atoms with Crippen LogP contribution in [0.4, 0.5) is 5.69 Å². The zero-order valence-corrected chi connectivity index (χ0v) is 13.9. The molecule has 5 heteroatoms. The molecular weight excluding hydrogens is 393 g/mol. The Balaban J connectivity index is 2.28. The van der Waals surface area contributed by atoms with Gasteiger partial charge in [0.15, 0.2) is 0 Å².